The molecule has 0 N–H and O–H groups in total. The quantitative estimate of drug-likeness (QED) is 0.495. The van der Waals surface area contributed by atoms with Gasteiger partial charge in [0.05, 0.1) is 23.4 Å². The molecule has 86 valence electrons. The zero-order chi connectivity index (χ0) is 11.2. The van der Waals surface area contributed by atoms with Crippen molar-refractivity contribution in [3.63, 3.8) is 0 Å². The fourth-order valence-corrected chi connectivity index (χ4v) is 3.39. The maximum Gasteiger partial charge on any atom is 0.151 e. The van der Waals surface area contributed by atoms with Gasteiger partial charge in [0, 0.05) is 11.5 Å². The molecule has 0 radical (unpaired) electrons. The van der Waals surface area contributed by atoms with Crippen LogP contribution in [0.1, 0.15) is 0 Å². The van der Waals surface area contributed by atoms with Crippen molar-refractivity contribution in [2.45, 2.75) is 4.34 Å². The minimum Gasteiger partial charge on any atom is -0.380 e. The largest absolute Gasteiger partial charge is 0.380 e. The van der Waals surface area contributed by atoms with Crippen molar-refractivity contribution in [1.82, 2.24) is 4.98 Å². The number of thioether (sulfide) groups is 1. The van der Waals surface area contributed by atoms with E-state index in [-0.39, 0.29) is 0 Å². The fraction of sp³-hybridized carbons (Fsp3) is 0.364. The third-order valence-corrected chi connectivity index (χ3v) is 4.29. The minimum atomic E-state index is 0.726. The molecule has 0 unspecified atom stereocenters. The number of aromatic nitrogens is 1. The highest BCUT2D eigenvalue weighted by molar-refractivity contribution is 8.01. The van der Waals surface area contributed by atoms with Crippen LogP contribution in [0.2, 0.25) is 0 Å². The highest BCUT2D eigenvalue weighted by Crippen LogP contribution is 2.28. The molecule has 16 heavy (non-hydrogen) atoms. The standard InChI is InChI=1S/C11H13NOS3/c14-7-5-13-6-8-15-11-12-9-3-1-2-4-10(9)16-11/h1-4,14H,5-8H2. The lowest BCUT2D eigenvalue weighted by Gasteiger charge is -1.99. The molecular weight excluding hydrogens is 258 g/mol. The Hall–Kier alpha value is -0.230. The van der Waals surface area contributed by atoms with Gasteiger partial charge < -0.3 is 4.74 Å². The summed E-state index contributed by atoms with van der Waals surface area (Å²) in [5.41, 5.74) is 1.09. The van der Waals surface area contributed by atoms with Gasteiger partial charge in [0.1, 0.15) is 0 Å². The molecule has 0 amide bonds. The molecule has 5 heteroatoms. The molecule has 0 aliphatic carbocycles. The van der Waals surface area contributed by atoms with Crippen LogP contribution in [0.25, 0.3) is 10.2 Å². The van der Waals surface area contributed by atoms with Gasteiger partial charge in [-0.15, -0.1) is 11.3 Å². The Morgan fingerprint density at radius 3 is 3.00 bits per heavy atom. The van der Waals surface area contributed by atoms with Crippen molar-refractivity contribution in [3.8, 4) is 0 Å². The van der Waals surface area contributed by atoms with E-state index >= 15 is 0 Å². The van der Waals surface area contributed by atoms with Gasteiger partial charge in [0.2, 0.25) is 0 Å². The Bertz CT molecular complexity index is 410. The molecule has 0 bridgehead atoms. The molecule has 0 atom stereocenters. The van der Waals surface area contributed by atoms with E-state index in [1.807, 2.05) is 18.2 Å². The molecule has 2 nitrogen and oxygen atoms in total. The smallest absolute Gasteiger partial charge is 0.151 e. The summed E-state index contributed by atoms with van der Waals surface area (Å²) < 4.78 is 7.73. The Morgan fingerprint density at radius 2 is 2.19 bits per heavy atom. The van der Waals surface area contributed by atoms with Crippen LogP contribution in [0.5, 0.6) is 0 Å². The zero-order valence-corrected chi connectivity index (χ0v) is 11.3. The van der Waals surface area contributed by atoms with E-state index in [1.54, 1.807) is 23.1 Å². The summed E-state index contributed by atoms with van der Waals surface area (Å²) in [6.45, 7) is 1.49. The van der Waals surface area contributed by atoms with E-state index in [4.69, 9.17) is 4.74 Å². The third kappa shape index (κ3) is 3.38. The number of fused-ring (bicyclic) bond motifs is 1. The zero-order valence-electron chi connectivity index (χ0n) is 8.76. The number of nitrogens with zero attached hydrogens (tertiary/aromatic N) is 1. The first-order valence-corrected chi connectivity index (χ1v) is 7.50. The van der Waals surface area contributed by atoms with Crippen LogP contribution in [0.3, 0.4) is 0 Å². The van der Waals surface area contributed by atoms with Gasteiger partial charge in [-0.1, -0.05) is 23.9 Å². The van der Waals surface area contributed by atoms with Crippen molar-refractivity contribution in [2.24, 2.45) is 0 Å². The second-order valence-corrected chi connectivity index (χ2v) is 5.95. The highest BCUT2D eigenvalue weighted by atomic mass is 32.2. The Labute approximate surface area is 109 Å². The first-order chi connectivity index (χ1) is 7.90. The lowest BCUT2D eigenvalue weighted by Crippen LogP contribution is -1.99. The van der Waals surface area contributed by atoms with Gasteiger partial charge in [-0.2, -0.15) is 12.6 Å². The topological polar surface area (TPSA) is 22.1 Å². The monoisotopic (exact) mass is 271 g/mol. The molecule has 0 aliphatic rings. The summed E-state index contributed by atoms with van der Waals surface area (Å²) >= 11 is 7.58. The average molecular weight is 271 g/mol. The van der Waals surface area contributed by atoms with Crippen LogP contribution in [-0.2, 0) is 4.74 Å². The van der Waals surface area contributed by atoms with Gasteiger partial charge in [-0.3, -0.25) is 0 Å². The molecule has 0 saturated carbocycles. The number of ether oxygens (including phenoxy) is 1. The molecule has 0 aliphatic heterocycles. The Morgan fingerprint density at radius 1 is 1.31 bits per heavy atom. The number of benzene rings is 1. The molecule has 1 heterocycles. The van der Waals surface area contributed by atoms with Crippen molar-refractivity contribution < 1.29 is 4.74 Å². The third-order valence-electron chi connectivity index (χ3n) is 1.96. The predicted molar refractivity (Wildman–Crippen MR) is 75.0 cm³/mol. The first-order valence-electron chi connectivity index (χ1n) is 5.07. The van der Waals surface area contributed by atoms with Gasteiger partial charge in [0.15, 0.2) is 4.34 Å². The second-order valence-electron chi connectivity index (χ2n) is 3.13. The molecule has 2 rings (SSSR count). The fourth-order valence-electron chi connectivity index (χ4n) is 1.27. The highest BCUT2D eigenvalue weighted by Gasteiger charge is 2.02. The predicted octanol–water partition coefficient (Wildman–Crippen LogP) is 3.33. The van der Waals surface area contributed by atoms with E-state index in [0.717, 1.165) is 34.6 Å². The number of para-hydroxylation sites is 1. The maximum absolute atomic E-state index is 5.36. The van der Waals surface area contributed by atoms with Crippen molar-refractivity contribution in [3.05, 3.63) is 24.3 Å². The number of thiol groups is 1. The van der Waals surface area contributed by atoms with Crippen LogP contribution in [-0.4, -0.2) is 29.7 Å². The summed E-state index contributed by atoms with van der Waals surface area (Å²) in [6.07, 6.45) is 0. The normalized spacial score (nSPS) is 11.1. The summed E-state index contributed by atoms with van der Waals surface area (Å²) in [7, 11) is 0. The van der Waals surface area contributed by atoms with E-state index in [9.17, 15) is 0 Å². The van der Waals surface area contributed by atoms with Crippen molar-refractivity contribution in [1.29, 1.82) is 0 Å². The van der Waals surface area contributed by atoms with E-state index in [2.05, 4.69) is 23.7 Å². The second kappa shape index (κ2) is 6.49. The van der Waals surface area contributed by atoms with Crippen molar-refractivity contribution in [2.75, 3.05) is 24.7 Å². The molecular formula is C11H13NOS3. The van der Waals surface area contributed by atoms with Crippen LogP contribution >= 0.6 is 35.7 Å². The van der Waals surface area contributed by atoms with Crippen LogP contribution in [0, 0.1) is 0 Å². The molecule has 0 fully saturated rings. The minimum absolute atomic E-state index is 0.726. The first kappa shape index (κ1) is 12.2. The Kier molecular flexibility index (Phi) is 4.96. The van der Waals surface area contributed by atoms with E-state index in [1.165, 1.54) is 4.70 Å². The molecule has 1 aromatic heterocycles. The van der Waals surface area contributed by atoms with E-state index in [0.29, 0.717) is 0 Å². The lowest BCUT2D eigenvalue weighted by molar-refractivity contribution is 0.167. The molecule has 0 saturated heterocycles. The number of rotatable bonds is 6. The number of hydrogen-bond acceptors (Lipinski definition) is 5. The Balaban J connectivity index is 1.85. The average Bonchev–Trinajstić information content (AvgIpc) is 2.71. The summed E-state index contributed by atoms with van der Waals surface area (Å²) in [5, 5.41) is 0. The SMILES string of the molecule is SCCOCCSc1nc2ccccc2s1. The van der Waals surface area contributed by atoms with Gasteiger partial charge in [0.25, 0.3) is 0 Å². The molecule has 2 aromatic rings. The van der Waals surface area contributed by atoms with Crippen LogP contribution < -0.4 is 0 Å². The van der Waals surface area contributed by atoms with Crippen LogP contribution in [0.15, 0.2) is 28.6 Å². The number of thiazole rings is 1. The molecule has 0 spiro atoms. The van der Waals surface area contributed by atoms with Gasteiger partial charge in [-0.05, 0) is 12.1 Å². The van der Waals surface area contributed by atoms with E-state index < -0.39 is 0 Å². The van der Waals surface area contributed by atoms with Crippen LogP contribution in [0.4, 0.5) is 0 Å². The van der Waals surface area contributed by atoms with Crippen molar-refractivity contribution >= 4 is 45.9 Å². The number of hydrogen-bond donors (Lipinski definition) is 1. The summed E-state index contributed by atoms with van der Waals surface area (Å²) in [5.74, 6) is 1.74. The van der Waals surface area contributed by atoms with Gasteiger partial charge in [-0.25, -0.2) is 4.98 Å². The molecule has 1 aromatic carbocycles. The van der Waals surface area contributed by atoms with Gasteiger partial charge >= 0.3 is 0 Å². The maximum atomic E-state index is 5.36. The summed E-state index contributed by atoms with van der Waals surface area (Å²) in [6, 6.07) is 8.22. The lowest BCUT2D eigenvalue weighted by atomic mass is 10.3. The summed E-state index contributed by atoms with van der Waals surface area (Å²) in [4.78, 5) is 4.54.